The molecule has 1 aliphatic rings. The maximum atomic E-state index is 13.0. The Bertz CT molecular complexity index is 692. The van der Waals surface area contributed by atoms with Gasteiger partial charge in [-0.1, -0.05) is 0 Å². The fraction of sp³-hybridized carbons (Fsp3) is 0.579. The first-order valence-corrected chi connectivity index (χ1v) is 9.19. The Labute approximate surface area is 159 Å². The molecule has 8 heteroatoms. The zero-order valence-electron chi connectivity index (χ0n) is 16.1. The van der Waals surface area contributed by atoms with Gasteiger partial charge in [-0.05, 0) is 45.2 Å². The molecule has 1 aromatic rings. The van der Waals surface area contributed by atoms with Gasteiger partial charge in [-0.3, -0.25) is 14.4 Å². The minimum absolute atomic E-state index is 0.0746. The van der Waals surface area contributed by atoms with Crippen molar-refractivity contribution in [1.82, 2.24) is 14.8 Å². The fourth-order valence-corrected chi connectivity index (χ4v) is 3.29. The lowest BCUT2D eigenvalue weighted by Gasteiger charge is -2.29. The van der Waals surface area contributed by atoms with Crippen LogP contribution in [0.2, 0.25) is 0 Å². The number of amides is 2. The van der Waals surface area contributed by atoms with Crippen LogP contribution in [-0.2, 0) is 9.59 Å². The molecule has 1 fully saturated rings. The Morgan fingerprint density at radius 3 is 2.70 bits per heavy atom. The molecule has 0 aromatic carbocycles. The van der Waals surface area contributed by atoms with E-state index < -0.39 is 5.97 Å². The van der Waals surface area contributed by atoms with Crippen molar-refractivity contribution in [2.45, 2.75) is 52.2 Å². The number of hydrogen-bond acceptors (Lipinski definition) is 5. The predicted octanol–water partition coefficient (Wildman–Crippen LogP) is 1.80. The van der Waals surface area contributed by atoms with Gasteiger partial charge in [0.15, 0.2) is 11.4 Å². The van der Waals surface area contributed by atoms with E-state index in [-0.39, 0.29) is 36.2 Å². The van der Waals surface area contributed by atoms with Gasteiger partial charge in [0.1, 0.15) is 6.54 Å². The number of aromatic nitrogens is 1. The van der Waals surface area contributed by atoms with Crippen molar-refractivity contribution < 1.29 is 24.2 Å². The summed E-state index contributed by atoms with van der Waals surface area (Å²) in [5.41, 5.74) is 0.276. The van der Waals surface area contributed by atoms with Gasteiger partial charge in [0.25, 0.3) is 5.91 Å². The van der Waals surface area contributed by atoms with E-state index in [1.807, 2.05) is 13.8 Å². The van der Waals surface area contributed by atoms with Crippen LogP contribution in [-0.4, -0.2) is 69.5 Å². The van der Waals surface area contributed by atoms with E-state index in [1.165, 1.54) is 11.8 Å². The highest BCUT2D eigenvalue weighted by atomic mass is 16.5. The van der Waals surface area contributed by atoms with Gasteiger partial charge in [0.05, 0.1) is 6.10 Å². The number of hydrogen-bond donors (Lipinski definition) is 1. The summed E-state index contributed by atoms with van der Waals surface area (Å²) in [4.78, 5) is 43.1. The quantitative estimate of drug-likeness (QED) is 0.811. The number of carboxylic acid groups (broad SMARTS) is 1. The molecular weight excluding hydrogens is 350 g/mol. The first kappa shape index (κ1) is 20.7. The van der Waals surface area contributed by atoms with Crippen LogP contribution in [0, 0.1) is 0 Å². The van der Waals surface area contributed by atoms with Crippen molar-refractivity contribution in [2.75, 3.05) is 19.6 Å². The van der Waals surface area contributed by atoms with Gasteiger partial charge in [0.2, 0.25) is 5.91 Å². The third-order valence-electron chi connectivity index (χ3n) is 4.47. The molecule has 148 valence electrons. The van der Waals surface area contributed by atoms with Crippen LogP contribution in [0.15, 0.2) is 18.3 Å². The van der Waals surface area contributed by atoms with E-state index in [9.17, 15) is 14.4 Å². The van der Waals surface area contributed by atoms with Crippen LogP contribution in [0.3, 0.4) is 0 Å². The monoisotopic (exact) mass is 377 g/mol. The molecule has 1 aliphatic heterocycles. The average Bonchev–Trinajstić information content (AvgIpc) is 2.84. The molecule has 0 spiro atoms. The lowest BCUT2D eigenvalue weighted by atomic mass is 10.1. The number of carbonyl (C=O) groups excluding carboxylic acids is 2. The molecule has 1 saturated heterocycles. The zero-order valence-corrected chi connectivity index (χ0v) is 16.1. The van der Waals surface area contributed by atoms with Gasteiger partial charge in [0, 0.05) is 32.3 Å². The maximum absolute atomic E-state index is 13.0. The number of pyridine rings is 1. The normalized spacial score (nSPS) is 17.3. The topological polar surface area (TPSA) is 100 Å². The Hall–Kier alpha value is -2.64. The molecule has 1 aromatic heterocycles. The second kappa shape index (κ2) is 9.34. The van der Waals surface area contributed by atoms with E-state index in [4.69, 9.17) is 9.84 Å². The van der Waals surface area contributed by atoms with E-state index in [1.54, 1.807) is 23.2 Å². The standard InChI is InChI=1S/C19H27N3O5/c1-13(2)27-16-7-4-9-20-18(16)19(26)21-10-5-6-15(8-11-21)22(14(3)23)12-17(24)25/h4,7,9,13,15H,5-6,8,10-12H2,1-3H3,(H,24,25). The van der Waals surface area contributed by atoms with Gasteiger partial charge in [-0.15, -0.1) is 0 Å². The van der Waals surface area contributed by atoms with Crippen LogP contribution in [0.1, 0.15) is 50.5 Å². The van der Waals surface area contributed by atoms with Crippen molar-refractivity contribution in [3.63, 3.8) is 0 Å². The number of aliphatic carboxylic acids is 1. The van der Waals surface area contributed by atoms with Crippen molar-refractivity contribution >= 4 is 17.8 Å². The molecule has 0 saturated carbocycles. The molecule has 0 aliphatic carbocycles. The molecule has 0 radical (unpaired) electrons. The zero-order chi connectivity index (χ0) is 20.0. The summed E-state index contributed by atoms with van der Waals surface area (Å²) in [6, 6.07) is 3.26. The molecule has 2 heterocycles. The van der Waals surface area contributed by atoms with Gasteiger partial charge in [-0.25, -0.2) is 4.98 Å². The lowest BCUT2D eigenvalue weighted by Crippen LogP contribution is -2.43. The Balaban J connectivity index is 2.11. The Kier molecular flexibility index (Phi) is 7.15. The number of rotatable bonds is 6. The molecule has 2 amide bonds. The second-order valence-electron chi connectivity index (χ2n) is 6.93. The highest BCUT2D eigenvalue weighted by molar-refractivity contribution is 5.95. The summed E-state index contributed by atoms with van der Waals surface area (Å²) in [5, 5.41) is 9.04. The summed E-state index contributed by atoms with van der Waals surface area (Å²) in [5.74, 6) is -1.06. The molecular formula is C19H27N3O5. The van der Waals surface area contributed by atoms with Crippen LogP contribution >= 0.6 is 0 Å². The van der Waals surface area contributed by atoms with E-state index >= 15 is 0 Å². The molecule has 8 nitrogen and oxygen atoms in total. The number of carbonyl (C=O) groups is 3. The predicted molar refractivity (Wildman–Crippen MR) is 98.6 cm³/mol. The van der Waals surface area contributed by atoms with E-state index in [2.05, 4.69) is 4.98 Å². The summed E-state index contributed by atoms with van der Waals surface area (Å²) in [7, 11) is 0. The highest BCUT2D eigenvalue weighted by Crippen LogP contribution is 2.22. The minimum Gasteiger partial charge on any atom is -0.489 e. The number of carboxylic acids is 1. The second-order valence-corrected chi connectivity index (χ2v) is 6.93. The van der Waals surface area contributed by atoms with Crippen molar-refractivity contribution in [1.29, 1.82) is 0 Å². The van der Waals surface area contributed by atoms with Gasteiger partial charge < -0.3 is 19.6 Å². The molecule has 27 heavy (non-hydrogen) atoms. The van der Waals surface area contributed by atoms with Gasteiger partial charge in [-0.2, -0.15) is 0 Å². The lowest BCUT2D eigenvalue weighted by molar-refractivity contribution is -0.145. The van der Waals surface area contributed by atoms with Crippen molar-refractivity contribution in [3.05, 3.63) is 24.0 Å². The highest BCUT2D eigenvalue weighted by Gasteiger charge is 2.29. The molecule has 1 N–H and O–H groups in total. The largest absolute Gasteiger partial charge is 0.489 e. The fourth-order valence-electron chi connectivity index (χ4n) is 3.29. The Morgan fingerprint density at radius 2 is 2.07 bits per heavy atom. The molecule has 2 rings (SSSR count). The summed E-state index contributed by atoms with van der Waals surface area (Å²) in [6.07, 6.45) is 3.37. The van der Waals surface area contributed by atoms with Crippen LogP contribution in [0.25, 0.3) is 0 Å². The van der Waals surface area contributed by atoms with Crippen molar-refractivity contribution in [2.24, 2.45) is 0 Å². The smallest absolute Gasteiger partial charge is 0.323 e. The van der Waals surface area contributed by atoms with E-state index in [0.29, 0.717) is 38.1 Å². The third kappa shape index (κ3) is 5.67. The minimum atomic E-state index is -1.04. The maximum Gasteiger partial charge on any atom is 0.323 e. The summed E-state index contributed by atoms with van der Waals surface area (Å²) >= 11 is 0. The number of ether oxygens (including phenoxy) is 1. The van der Waals surface area contributed by atoms with Gasteiger partial charge >= 0.3 is 5.97 Å². The molecule has 1 unspecified atom stereocenters. The average molecular weight is 377 g/mol. The summed E-state index contributed by atoms with van der Waals surface area (Å²) in [6.45, 7) is 5.80. The first-order chi connectivity index (χ1) is 12.8. The number of likely N-dealkylation sites (tertiary alicyclic amines) is 1. The third-order valence-corrected chi connectivity index (χ3v) is 4.47. The molecule has 1 atom stereocenters. The Morgan fingerprint density at radius 1 is 1.33 bits per heavy atom. The summed E-state index contributed by atoms with van der Waals surface area (Å²) < 4.78 is 5.69. The van der Waals surface area contributed by atoms with Crippen LogP contribution in [0.4, 0.5) is 0 Å². The van der Waals surface area contributed by atoms with Crippen LogP contribution in [0.5, 0.6) is 5.75 Å². The van der Waals surface area contributed by atoms with Crippen molar-refractivity contribution in [3.8, 4) is 5.75 Å². The molecule has 0 bridgehead atoms. The van der Waals surface area contributed by atoms with Crippen LogP contribution < -0.4 is 4.74 Å². The SMILES string of the molecule is CC(=O)N(CC(=O)O)C1CCCN(C(=O)c2ncccc2OC(C)C)CC1. The van der Waals surface area contributed by atoms with E-state index in [0.717, 1.165) is 0 Å². The first-order valence-electron chi connectivity index (χ1n) is 9.19. The number of nitrogens with zero attached hydrogens (tertiary/aromatic N) is 3.